The van der Waals surface area contributed by atoms with Gasteiger partial charge in [-0.15, -0.1) is 0 Å². The van der Waals surface area contributed by atoms with E-state index in [1.807, 2.05) is 0 Å². The van der Waals surface area contributed by atoms with Crippen molar-refractivity contribution in [2.24, 2.45) is 5.92 Å². The first kappa shape index (κ1) is 16.5. The third-order valence-corrected chi connectivity index (χ3v) is 4.76. The summed E-state index contributed by atoms with van der Waals surface area (Å²) < 4.78 is 5.38. The Morgan fingerprint density at radius 3 is 2.65 bits per heavy atom. The van der Waals surface area contributed by atoms with Crippen molar-refractivity contribution in [1.29, 1.82) is 0 Å². The number of H-pyrrole nitrogens is 1. The number of aromatic amines is 1. The van der Waals surface area contributed by atoms with E-state index in [1.54, 1.807) is 0 Å². The predicted molar refractivity (Wildman–Crippen MR) is 91.2 cm³/mol. The minimum Gasteiger partial charge on any atom is -0.378 e. The van der Waals surface area contributed by atoms with Crippen LogP contribution in [0.3, 0.4) is 0 Å². The van der Waals surface area contributed by atoms with Gasteiger partial charge in [-0.3, -0.25) is 9.78 Å². The van der Waals surface area contributed by atoms with E-state index in [1.165, 1.54) is 6.42 Å². The zero-order valence-corrected chi connectivity index (χ0v) is 14.3. The van der Waals surface area contributed by atoms with Gasteiger partial charge in [-0.05, 0) is 25.3 Å². The molecule has 0 unspecified atom stereocenters. The summed E-state index contributed by atoms with van der Waals surface area (Å²) in [4.78, 5) is 24.8. The van der Waals surface area contributed by atoms with E-state index in [9.17, 15) is 4.79 Å². The SMILES string of the molecule is CC(C)CCN1CCc2nc(N3CCOCC3)[nH]c(=O)c2CC1. The Morgan fingerprint density at radius 1 is 1.17 bits per heavy atom. The maximum absolute atomic E-state index is 12.5. The highest BCUT2D eigenvalue weighted by Gasteiger charge is 2.21. The number of nitrogens with one attached hydrogen (secondary N) is 1. The molecule has 0 spiro atoms. The van der Waals surface area contributed by atoms with Crippen LogP contribution in [-0.4, -0.2) is 60.8 Å². The first-order valence-corrected chi connectivity index (χ1v) is 8.80. The maximum Gasteiger partial charge on any atom is 0.255 e. The molecule has 3 heterocycles. The normalized spacial score (nSPS) is 19.7. The highest BCUT2D eigenvalue weighted by Crippen LogP contribution is 2.15. The van der Waals surface area contributed by atoms with Crippen LogP contribution < -0.4 is 10.5 Å². The Hall–Kier alpha value is -1.40. The summed E-state index contributed by atoms with van der Waals surface area (Å²) in [6, 6.07) is 0. The number of nitrogens with zero attached hydrogens (tertiary/aromatic N) is 3. The molecule has 6 heteroatoms. The van der Waals surface area contributed by atoms with Gasteiger partial charge in [-0.1, -0.05) is 13.8 Å². The van der Waals surface area contributed by atoms with Crippen molar-refractivity contribution in [2.75, 3.05) is 50.8 Å². The quantitative estimate of drug-likeness (QED) is 0.899. The van der Waals surface area contributed by atoms with Crippen LogP contribution >= 0.6 is 0 Å². The highest BCUT2D eigenvalue weighted by atomic mass is 16.5. The second-order valence-corrected chi connectivity index (χ2v) is 6.94. The van der Waals surface area contributed by atoms with Crippen LogP contribution in [0.4, 0.5) is 5.95 Å². The van der Waals surface area contributed by atoms with Crippen molar-refractivity contribution in [3.63, 3.8) is 0 Å². The van der Waals surface area contributed by atoms with Gasteiger partial charge in [0.15, 0.2) is 0 Å². The lowest BCUT2D eigenvalue weighted by molar-refractivity contribution is 0.122. The fourth-order valence-electron chi connectivity index (χ4n) is 3.23. The van der Waals surface area contributed by atoms with E-state index in [2.05, 4.69) is 28.6 Å². The summed E-state index contributed by atoms with van der Waals surface area (Å²) >= 11 is 0. The summed E-state index contributed by atoms with van der Waals surface area (Å²) in [5.74, 6) is 1.43. The summed E-state index contributed by atoms with van der Waals surface area (Å²) in [5, 5.41) is 0. The van der Waals surface area contributed by atoms with Crippen molar-refractivity contribution < 1.29 is 4.74 Å². The number of ether oxygens (including phenoxy) is 1. The lowest BCUT2D eigenvalue weighted by atomic mass is 10.1. The molecule has 1 aromatic heterocycles. The van der Waals surface area contributed by atoms with E-state index in [0.29, 0.717) is 19.2 Å². The van der Waals surface area contributed by atoms with Crippen molar-refractivity contribution in [3.8, 4) is 0 Å². The lowest BCUT2D eigenvalue weighted by Gasteiger charge is -2.27. The molecule has 6 nitrogen and oxygen atoms in total. The van der Waals surface area contributed by atoms with Crippen molar-refractivity contribution in [1.82, 2.24) is 14.9 Å². The second-order valence-electron chi connectivity index (χ2n) is 6.94. The highest BCUT2D eigenvalue weighted by molar-refractivity contribution is 5.34. The number of hydrogen-bond acceptors (Lipinski definition) is 5. The predicted octanol–water partition coefficient (Wildman–Crippen LogP) is 1.05. The van der Waals surface area contributed by atoms with Crippen LogP contribution in [0.1, 0.15) is 31.5 Å². The molecule has 3 rings (SSSR count). The van der Waals surface area contributed by atoms with E-state index >= 15 is 0 Å². The van der Waals surface area contributed by atoms with Gasteiger partial charge < -0.3 is 14.5 Å². The average Bonchev–Trinajstić information content (AvgIpc) is 2.76. The van der Waals surface area contributed by atoms with Crippen molar-refractivity contribution in [3.05, 3.63) is 21.6 Å². The van der Waals surface area contributed by atoms with Crippen LogP contribution in [0, 0.1) is 5.92 Å². The van der Waals surface area contributed by atoms with Gasteiger partial charge >= 0.3 is 0 Å². The van der Waals surface area contributed by atoms with Gasteiger partial charge in [0.2, 0.25) is 5.95 Å². The Balaban J connectivity index is 1.73. The van der Waals surface area contributed by atoms with Crippen LogP contribution in [0.2, 0.25) is 0 Å². The van der Waals surface area contributed by atoms with Crippen LogP contribution in [-0.2, 0) is 17.6 Å². The number of rotatable bonds is 4. The van der Waals surface area contributed by atoms with Crippen LogP contribution in [0.5, 0.6) is 0 Å². The monoisotopic (exact) mass is 320 g/mol. The molecule has 1 fully saturated rings. The molecule has 0 saturated carbocycles. The molecule has 0 amide bonds. The molecule has 0 aromatic carbocycles. The third-order valence-electron chi connectivity index (χ3n) is 4.76. The molecule has 23 heavy (non-hydrogen) atoms. The molecule has 1 saturated heterocycles. The first-order valence-electron chi connectivity index (χ1n) is 8.80. The number of morpholine rings is 1. The Morgan fingerprint density at radius 2 is 1.91 bits per heavy atom. The number of aromatic nitrogens is 2. The summed E-state index contributed by atoms with van der Waals surface area (Å²) in [5.41, 5.74) is 1.92. The molecule has 0 atom stereocenters. The lowest BCUT2D eigenvalue weighted by Crippen LogP contribution is -2.38. The Kier molecular flexibility index (Phi) is 5.33. The van der Waals surface area contributed by atoms with Gasteiger partial charge in [0, 0.05) is 38.2 Å². The molecule has 0 radical (unpaired) electrons. The summed E-state index contributed by atoms with van der Waals surface area (Å²) in [6.45, 7) is 10.6. The van der Waals surface area contributed by atoms with E-state index < -0.39 is 0 Å². The fraction of sp³-hybridized carbons (Fsp3) is 0.765. The van der Waals surface area contributed by atoms with Crippen molar-refractivity contribution in [2.45, 2.75) is 33.1 Å². The number of fused-ring (bicyclic) bond motifs is 1. The molecule has 0 bridgehead atoms. The molecular formula is C17H28N4O2. The molecule has 128 valence electrons. The molecular weight excluding hydrogens is 292 g/mol. The molecule has 2 aliphatic rings. The van der Waals surface area contributed by atoms with E-state index in [0.717, 1.165) is 62.7 Å². The van der Waals surface area contributed by atoms with Crippen LogP contribution in [0.25, 0.3) is 0 Å². The van der Waals surface area contributed by atoms with Gasteiger partial charge in [-0.2, -0.15) is 0 Å². The third kappa shape index (κ3) is 4.12. The summed E-state index contributed by atoms with van der Waals surface area (Å²) in [6.07, 6.45) is 2.88. The van der Waals surface area contributed by atoms with E-state index in [4.69, 9.17) is 9.72 Å². The summed E-state index contributed by atoms with van der Waals surface area (Å²) in [7, 11) is 0. The smallest absolute Gasteiger partial charge is 0.255 e. The standard InChI is InChI=1S/C17H28N4O2/c1-13(2)3-6-20-7-4-14-15(5-8-20)18-17(19-16(14)22)21-9-11-23-12-10-21/h13H,3-12H2,1-2H3,(H,18,19,22). The van der Waals surface area contributed by atoms with Crippen molar-refractivity contribution >= 4 is 5.95 Å². The zero-order chi connectivity index (χ0) is 16.2. The Labute approximate surface area is 137 Å². The minimum absolute atomic E-state index is 0.0437. The minimum atomic E-state index is 0.0437. The molecule has 2 aliphatic heterocycles. The molecule has 0 aliphatic carbocycles. The molecule has 1 aromatic rings. The maximum atomic E-state index is 12.5. The first-order chi connectivity index (χ1) is 11.1. The van der Waals surface area contributed by atoms with Gasteiger partial charge in [0.1, 0.15) is 0 Å². The van der Waals surface area contributed by atoms with Gasteiger partial charge in [-0.25, -0.2) is 4.98 Å². The van der Waals surface area contributed by atoms with Gasteiger partial charge in [0.25, 0.3) is 5.56 Å². The molecule has 1 N–H and O–H groups in total. The van der Waals surface area contributed by atoms with Crippen LogP contribution in [0.15, 0.2) is 4.79 Å². The number of anilines is 1. The number of hydrogen-bond donors (Lipinski definition) is 1. The zero-order valence-electron chi connectivity index (χ0n) is 14.3. The topological polar surface area (TPSA) is 61.5 Å². The fourth-order valence-corrected chi connectivity index (χ4v) is 3.23. The van der Waals surface area contributed by atoms with Gasteiger partial charge in [0.05, 0.1) is 18.9 Å². The second kappa shape index (κ2) is 7.45. The average molecular weight is 320 g/mol. The largest absolute Gasteiger partial charge is 0.378 e. The Bertz CT molecular complexity index is 578. The van der Waals surface area contributed by atoms with E-state index in [-0.39, 0.29) is 5.56 Å².